The molecule has 1 aromatic carbocycles. The molecular formula is C22H23F4N5OS. The summed E-state index contributed by atoms with van der Waals surface area (Å²) in [5.74, 6) is 1.14. The summed E-state index contributed by atoms with van der Waals surface area (Å²) in [5, 5.41) is 9.20. The summed E-state index contributed by atoms with van der Waals surface area (Å²) in [4.78, 5) is 6.31. The standard InChI is InChI=1S/C22H23F4N5OS/c1-13-18(32-12-27-13)19-28-29-20(30(19)2)33-8-4-7-31-10-14-9-21(14,11-31)15-5-3-6-16(17(15)23)22(24,25)26/h3,5-6,12,14H,4,7-11H2,1-2H3. The number of thioether (sulfide) groups is 1. The lowest BCUT2D eigenvalue weighted by atomic mass is 9.92. The van der Waals surface area contributed by atoms with Crippen LogP contribution in [0.25, 0.3) is 11.6 Å². The Bertz CT molecular complexity index is 1180. The number of aromatic nitrogens is 4. The van der Waals surface area contributed by atoms with Crippen LogP contribution in [-0.4, -0.2) is 50.0 Å². The number of oxazole rings is 1. The van der Waals surface area contributed by atoms with Gasteiger partial charge in [-0.1, -0.05) is 23.9 Å². The third kappa shape index (κ3) is 3.95. The van der Waals surface area contributed by atoms with E-state index < -0.39 is 23.0 Å². The molecule has 0 bridgehead atoms. The van der Waals surface area contributed by atoms with Gasteiger partial charge in [0.05, 0.1) is 11.3 Å². The van der Waals surface area contributed by atoms with Gasteiger partial charge in [0.2, 0.25) is 5.82 Å². The van der Waals surface area contributed by atoms with Crippen LogP contribution in [0, 0.1) is 18.7 Å². The fourth-order valence-electron chi connectivity index (χ4n) is 4.92. The van der Waals surface area contributed by atoms with Gasteiger partial charge >= 0.3 is 6.18 Å². The van der Waals surface area contributed by atoms with Gasteiger partial charge in [-0.15, -0.1) is 10.2 Å². The predicted molar refractivity (Wildman–Crippen MR) is 114 cm³/mol. The number of hydrogen-bond donors (Lipinski definition) is 0. The molecule has 2 aliphatic rings. The minimum atomic E-state index is -4.68. The number of nitrogens with zero attached hydrogens (tertiary/aromatic N) is 5. The Morgan fingerprint density at radius 2 is 2.09 bits per heavy atom. The highest BCUT2D eigenvalue weighted by atomic mass is 32.2. The molecule has 33 heavy (non-hydrogen) atoms. The number of aryl methyl sites for hydroxylation is 1. The highest BCUT2D eigenvalue weighted by Crippen LogP contribution is 2.60. The van der Waals surface area contributed by atoms with Gasteiger partial charge in [0.25, 0.3) is 0 Å². The Morgan fingerprint density at radius 1 is 1.27 bits per heavy atom. The maximum absolute atomic E-state index is 14.7. The lowest BCUT2D eigenvalue weighted by molar-refractivity contribution is -0.140. The molecule has 0 spiro atoms. The first kappa shape index (κ1) is 22.4. The lowest BCUT2D eigenvalue weighted by Gasteiger charge is -2.22. The van der Waals surface area contributed by atoms with Crippen LogP contribution in [0.15, 0.2) is 34.2 Å². The number of likely N-dealkylation sites (tertiary alicyclic amines) is 1. The van der Waals surface area contributed by atoms with Crippen molar-refractivity contribution >= 4 is 11.8 Å². The van der Waals surface area contributed by atoms with E-state index in [4.69, 9.17) is 4.42 Å². The first-order valence-electron chi connectivity index (χ1n) is 10.7. The summed E-state index contributed by atoms with van der Waals surface area (Å²) >= 11 is 1.58. The lowest BCUT2D eigenvalue weighted by Crippen LogP contribution is -2.28. The maximum Gasteiger partial charge on any atom is 0.419 e. The number of benzene rings is 1. The minimum absolute atomic E-state index is 0.216. The molecule has 3 aromatic rings. The van der Waals surface area contributed by atoms with Crippen LogP contribution in [0.3, 0.4) is 0 Å². The van der Waals surface area contributed by atoms with E-state index in [1.54, 1.807) is 11.8 Å². The summed E-state index contributed by atoms with van der Waals surface area (Å²) in [6.07, 6.45) is -1.67. The van der Waals surface area contributed by atoms with Crippen molar-refractivity contribution in [1.82, 2.24) is 24.6 Å². The Balaban J connectivity index is 1.17. The molecular weight excluding hydrogens is 458 g/mol. The molecule has 6 nitrogen and oxygen atoms in total. The molecule has 1 aliphatic heterocycles. The Morgan fingerprint density at radius 3 is 2.82 bits per heavy atom. The molecule has 11 heteroatoms. The second kappa shape index (κ2) is 8.12. The van der Waals surface area contributed by atoms with E-state index in [1.807, 2.05) is 18.5 Å². The summed E-state index contributed by atoms with van der Waals surface area (Å²) in [6, 6.07) is 3.66. The van der Waals surface area contributed by atoms with Crippen LogP contribution in [0.5, 0.6) is 0 Å². The van der Waals surface area contributed by atoms with E-state index >= 15 is 0 Å². The molecule has 2 aromatic heterocycles. The predicted octanol–water partition coefficient (Wildman–Crippen LogP) is 4.69. The molecule has 176 valence electrons. The fraction of sp³-hybridized carbons (Fsp3) is 0.500. The van der Waals surface area contributed by atoms with Crippen LogP contribution in [0.2, 0.25) is 0 Å². The van der Waals surface area contributed by atoms with E-state index in [0.717, 1.165) is 48.6 Å². The SMILES string of the molecule is Cc1ncoc1-c1nnc(SCCCN2CC3CC3(c3cccc(C(F)(F)F)c3F)C2)n1C. The van der Waals surface area contributed by atoms with Crippen molar-refractivity contribution < 1.29 is 22.0 Å². The number of alkyl halides is 3. The quantitative estimate of drug-likeness (QED) is 0.277. The molecule has 2 atom stereocenters. The van der Waals surface area contributed by atoms with Crippen LogP contribution in [-0.2, 0) is 18.6 Å². The van der Waals surface area contributed by atoms with E-state index in [9.17, 15) is 17.6 Å². The number of piperidine rings is 1. The third-order valence-electron chi connectivity index (χ3n) is 6.69. The van der Waals surface area contributed by atoms with E-state index in [0.29, 0.717) is 18.1 Å². The normalized spacial score (nSPS) is 22.7. The van der Waals surface area contributed by atoms with Gasteiger partial charge in [0, 0.05) is 31.3 Å². The smallest absolute Gasteiger partial charge is 0.419 e. The molecule has 2 fully saturated rings. The highest BCUT2D eigenvalue weighted by molar-refractivity contribution is 7.99. The van der Waals surface area contributed by atoms with Crippen molar-refractivity contribution in [3.63, 3.8) is 0 Å². The monoisotopic (exact) mass is 481 g/mol. The van der Waals surface area contributed by atoms with Gasteiger partial charge < -0.3 is 13.9 Å². The molecule has 1 saturated heterocycles. The van der Waals surface area contributed by atoms with Gasteiger partial charge in [-0.2, -0.15) is 13.2 Å². The zero-order valence-electron chi connectivity index (χ0n) is 18.2. The zero-order chi connectivity index (χ0) is 23.4. The first-order chi connectivity index (χ1) is 15.7. The second-order valence-corrected chi connectivity index (χ2v) is 9.85. The molecule has 1 saturated carbocycles. The van der Waals surface area contributed by atoms with Crippen LogP contribution >= 0.6 is 11.8 Å². The number of rotatable bonds is 7. The molecule has 3 heterocycles. The molecule has 0 radical (unpaired) electrons. The van der Waals surface area contributed by atoms with Crippen molar-refractivity contribution in [3.05, 3.63) is 47.2 Å². The maximum atomic E-state index is 14.7. The summed E-state index contributed by atoms with van der Waals surface area (Å²) in [7, 11) is 1.88. The van der Waals surface area contributed by atoms with Crippen molar-refractivity contribution in [2.24, 2.45) is 13.0 Å². The second-order valence-electron chi connectivity index (χ2n) is 8.79. The number of halogens is 4. The highest BCUT2D eigenvalue weighted by Gasteiger charge is 2.61. The molecule has 0 N–H and O–H groups in total. The van der Waals surface area contributed by atoms with Crippen LogP contribution in [0.4, 0.5) is 17.6 Å². The van der Waals surface area contributed by atoms with Crippen molar-refractivity contribution in [3.8, 4) is 11.6 Å². The molecule has 0 amide bonds. The Hall–Kier alpha value is -2.40. The topological polar surface area (TPSA) is 60.0 Å². The van der Waals surface area contributed by atoms with Gasteiger partial charge in [-0.05, 0) is 43.9 Å². The van der Waals surface area contributed by atoms with Gasteiger partial charge in [0.15, 0.2) is 17.3 Å². The zero-order valence-corrected chi connectivity index (χ0v) is 19.0. The van der Waals surface area contributed by atoms with Crippen LogP contribution in [0.1, 0.15) is 29.7 Å². The minimum Gasteiger partial charge on any atom is -0.440 e. The average Bonchev–Trinajstić information content (AvgIpc) is 3.06. The van der Waals surface area contributed by atoms with Crippen molar-refractivity contribution in [2.75, 3.05) is 25.4 Å². The average molecular weight is 482 g/mol. The van der Waals surface area contributed by atoms with Crippen molar-refractivity contribution in [2.45, 2.75) is 36.5 Å². The Kier molecular flexibility index (Phi) is 5.51. The number of fused-ring (bicyclic) bond motifs is 1. The summed E-state index contributed by atoms with van der Waals surface area (Å²) in [6.45, 7) is 4.04. The summed E-state index contributed by atoms with van der Waals surface area (Å²) < 4.78 is 61.4. The van der Waals surface area contributed by atoms with Crippen molar-refractivity contribution in [1.29, 1.82) is 0 Å². The van der Waals surface area contributed by atoms with Gasteiger partial charge in [0.1, 0.15) is 5.82 Å². The van der Waals surface area contributed by atoms with E-state index in [-0.39, 0.29) is 11.5 Å². The first-order valence-corrected chi connectivity index (χ1v) is 11.7. The van der Waals surface area contributed by atoms with E-state index in [1.165, 1.54) is 18.5 Å². The molecule has 2 unspecified atom stereocenters. The van der Waals surface area contributed by atoms with Gasteiger partial charge in [-0.25, -0.2) is 9.37 Å². The third-order valence-corrected chi connectivity index (χ3v) is 7.80. The largest absolute Gasteiger partial charge is 0.440 e. The Labute approximate surface area is 192 Å². The van der Waals surface area contributed by atoms with Gasteiger partial charge in [-0.3, -0.25) is 0 Å². The molecule has 1 aliphatic carbocycles. The van der Waals surface area contributed by atoms with Crippen LogP contribution < -0.4 is 0 Å². The molecule has 5 rings (SSSR count). The van der Waals surface area contributed by atoms with E-state index in [2.05, 4.69) is 20.1 Å². The number of hydrogen-bond acceptors (Lipinski definition) is 6. The summed E-state index contributed by atoms with van der Waals surface area (Å²) in [5.41, 5.74) is -0.681. The fourth-order valence-corrected chi connectivity index (χ4v) is 5.75.